The van der Waals surface area contributed by atoms with Crippen LogP contribution in [0.3, 0.4) is 0 Å². The normalized spacial score (nSPS) is 11.7. The van der Waals surface area contributed by atoms with Crippen LogP contribution in [0.2, 0.25) is 0 Å². The first-order valence-electron chi connectivity index (χ1n) is 5.38. The monoisotopic (exact) mass is 318 g/mol. The molecule has 110 valence electrons. The average molecular weight is 318 g/mol. The van der Waals surface area contributed by atoms with E-state index in [1.165, 1.54) is 0 Å². The van der Waals surface area contributed by atoms with Crippen molar-refractivity contribution in [1.29, 1.82) is 0 Å². The first-order valence-corrected chi connectivity index (χ1v) is 6.72. The molecule has 0 amide bonds. The molecule has 0 aromatic rings. The van der Waals surface area contributed by atoms with E-state index in [0.717, 1.165) is 0 Å². The summed E-state index contributed by atoms with van der Waals surface area (Å²) in [4.78, 5) is 9.94. The lowest BCUT2D eigenvalue weighted by Gasteiger charge is -2.24. The van der Waals surface area contributed by atoms with E-state index in [9.17, 15) is 4.79 Å². The fourth-order valence-electron chi connectivity index (χ4n) is 0.760. The summed E-state index contributed by atoms with van der Waals surface area (Å²) < 4.78 is -0.765. The van der Waals surface area contributed by atoms with Crippen molar-refractivity contribution in [3.8, 4) is 0 Å². The van der Waals surface area contributed by atoms with Gasteiger partial charge in [-0.05, 0) is 12.8 Å². The highest BCUT2D eigenvalue weighted by molar-refractivity contribution is 8.16. The third kappa shape index (κ3) is 11.5. The number of aliphatic hydroxyl groups is 3. The van der Waals surface area contributed by atoms with Gasteiger partial charge in [0.25, 0.3) is 0 Å². The summed E-state index contributed by atoms with van der Waals surface area (Å²) in [6, 6.07) is 0. The van der Waals surface area contributed by atoms with Crippen molar-refractivity contribution in [1.82, 2.24) is 0 Å². The van der Waals surface area contributed by atoms with Crippen molar-refractivity contribution >= 4 is 43.9 Å². The van der Waals surface area contributed by atoms with Gasteiger partial charge in [-0.2, -0.15) is 37.9 Å². The quantitative estimate of drug-likeness (QED) is 0.276. The molecular formula is C10H22O5S3. The zero-order valence-electron chi connectivity index (χ0n) is 10.3. The van der Waals surface area contributed by atoms with E-state index >= 15 is 0 Å². The third-order valence-electron chi connectivity index (χ3n) is 2.43. The maximum atomic E-state index is 9.94. The maximum absolute atomic E-state index is 9.94. The van der Waals surface area contributed by atoms with Crippen LogP contribution in [-0.4, -0.2) is 49.6 Å². The van der Waals surface area contributed by atoms with Gasteiger partial charge in [-0.1, -0.05) is 6.92 Å². The van der Waals surface area contributed by atoms with Crippen LogP contribution in [0.1, 0.15) is 26.2 Å². The molecule has 8 heteroatoms. The minimum Gasteiger partial charge on any atom is -0.481 e. The molecule has 18 heavy (non-hydrogen) atoms. The van der Waals surface area contributed by atoms with Gasteiger partial charge >= 0.3 is 5.97 Å². The van der Waals surface area contributed by atoms with Crippen LogP contribution in [0.15, 0.2) is 0 Å². The van der Waals surface area contributed by atoms with Crippen LogP contribution in [0, 0.1) is 5.41 Å². The lowest BCUT2D eigenvalue weighted by atomic mass is 9.88. The molecule has 0 aromatic carbocycles. The van der Waals surface area contributed by atoms with Gasteiger partial charge in [0.15, 0.2) is 0 Å². The predicted molar refractivity (Wildman–Crippen MR) is 80.5 cm³/mol. The molecule has 0 fully saturated rings. The first kappa shape index (κ1) is 20.7. The smallest absolute Gasteiger partial charge is 0.303 e. The second-order valence-corrected chi connectivity index (χ2v) is 7.34. The molecule has 4 N–H and O–H groups in total. The van der Waals surface area contributed by atoms with Crippen molar-refractivity contribution in [3.05, 3.63) is 0 Å². The third-order valence-corrected chi connectivity index (χ3v) is 3.10. The van der Waals surface area contributed by atoms with Gasteiger partial charge < -0.3 is 20.4 Å². The minimum atomic E-state index is -0.850. The Morgan fingerprint density at radius 2 is 1.44 bits per heavy atom. The van der Waals surface area contributed by atoms with Crippen LogP contribution in [0.25, 0.3) is 0 Å². The molecule has 0 aliphatic carbocycles. The molecule has 0 saturated carbocycles. The van der Waals surface area contributed by atoms with Crippen molar-refractivity contribution in [2.75, 3.05) is 19.8 Å². The molecule has 0 rings (SSSR count). The van der Waals surface area contributed by atoms with E-state index in [1.807, 2.05) is 6.92 Å². The predicted octanol–water partition coefficient (Wildman–Crippen LogP) is 0.654. The zero-order valence-corrected chi connectivity index (χ0v) is 13.0. The summed E-state index contributed by atoms with van der Waals surface area (Å²) >= 11 is 11.7. The van der Waals surface area contributed by atoms with Gasteiger partial charge in [0.2, 0.25) is 0 Å². The van der Waals surface area contributed by atoms with Crippen molar-refractivity contribution in [2.24, 2.45) is 5.41 Å². The lowest BCUT2D eigenvalue weighted by molar-refractivity contribution is -0.137. The summed E-state index contributed by atoms with van der Waals surface area (Å²) in [5.41, 5.74) is -0.667. The molecule has 0 aromatic heterocycles. The number of carbonyl (C=O) groups is 1. The van der Waals surface area contributed by atoms with Gasteiger partial charge in [0.05, 0.1) is 23.2 Å². The number of thiol groups is 3. The Morgan fingerprint density at radius 3 is 1.50 bits per heavy atom. The number of carboxylic acids is 1. The van der Waals surface area contributed by atoms with Crippen LogP contribution < -0.4 is 0 Å². The van der Waals surface area contributed by atoms with Gasteiger partial charge in [-0.3, -0.25) is 4.79 Å². The number of hydrogen-bond donors (Lipinski definition) is 7. The fraction of sp³-hybridized carbons (Fsp3) is 0.900. The van der Waals surface area contributed by atoms with Crippen molar-refractivity contribution < 1.29 is 25.2 Å². The molecule has 0 bridgehead atoms. The van der Waals surface area contributed by atoms with Gasteiger partial charge in [0.1, 0.15) is 0 Å². The van der Waals surface area contributed by atoms with E-state index < -0.39 is 14.8 Å². The number of rotatable bonds is 7. The molecule has 0 spiro atoms. The second kappa shape index (κ2) is 10.2. The Balaban J connectivity index is 0. The van der Waals surface area contributed by atoms with E-state index in [0.29, 0.717) is 12.8 Å². The van der Waals surface area contributed by atoms with Gasteiger partial charge in [-0.15, -0.1) is 0 Å². The Kier molecular flexibility index (Phi) is 11.8. The van der Waals surface area contributed by atoms with Crippen molar-refractivity contribution in [2.45, 2.75) is 29.6 Å². The van der Waals surface area contributed by atoms with Crippen LogP contribution in [-0.2, 0) is 4.79 Å². The summed E-state index contributed by atoms with van der Waals surface area (Å²) in [6.45, 7) is 1.35. The Hall–Kier alpha value is 0.400. The van der Waals surface area contributed by atoms with Gasteiger partial charge in [-0.25, -0.2) is 0 Å². The molecule has 0 saturated heterocycles. The summed E-state index contributed by atoms with van der Waals surface area (Å²) in [6.07, 6.45) is 0.991. The lowest BCUT2D eigenvalue weighted by Crippen LogP contribution is -2.32. The number of hydrogen-bond acceptors (Lipinski definition) is 7. The second-order valence-electron chi connectivity index (χ2n) is 4.00. The highest BCUT2D eigenvalue weighted by Gasteiger charge is 2.24. The highest BCUT2D eigenvalue weighted by Crippen LogP contribution is 2.29. The largest absolute Gasteiger partial charge is 0.481 e. The van der Waals surface area contributed by atoms with Gasteiger partial charge in [0, 0.05) is 11.8 Å². The van der Waals surface area contributed by atoms with Crippen LogP contribution in [0.4, 0.5) is 0 Å². The molecule has 0 radical (unpaired) electrons. The van der Waals surface area contributed by atoms with E-state index in [1.54, 1.807) is 0 Å². The molecule has 0 unspecified atom stereocenters. The van der Waals surface area contributed by atoms with E-state index in [-0.39, 0.29) is 26.2 Å². The maximum Gasteiger partial charge on any atom is 0.303 e. The first-order chi connectivity index (χ1) is 8.16. The highest BCUT2D eigenvalue weighted by atomic mass is 32.2. The Labute approximate surface area is 124 Å². The summed E-state index contributed by atoms with van der Waals surface area (Å²) in [7, 11) is 0. The zero-order chi connectivity index (χ0) is 14.8. The number of aliphatic hydroxyl groups excluding tert-OH is 3. The average Bonchev–Trinajstić information content (AvgIpc) is 2.30. The Morgan fingerprint density at radius 1 is 1.06 bits per heavy atom. The van der Waals surface area contributed by atoms with E-state index in [2.05, 4.69) is 37.9 Å². The summed E-state index contributed by atoms with van der Waals surface area (Å²) in [5.74, 6) is -0.850. The molecular weight excluding hydrogens is 296 g/mol. The number of carboxylic acid groups (broad SMARTS) is 1. The number of aliphatic carboxylic acids is 1. The molecule has 0 aliphatic heterocycles. The molecule has 0 aliphatic rings. The SMILES string of the molecule is CCC(CO)(CO)CO.O=C(O)CCC(S)(S)S. The standard InChI is InChI=1S/C6H14O3.C4H8O2S3/c1-2-6(3-7,4-8)5-9;5-3(6)1-2-4(7,8)9/h7-9H,2-5H2,1H3;7-9H,1-2H2,(H,5,6). The minimum absolute atomic E-state index is 0.0521. The molecule has 5 nitrogen and oxygen atoms in total. The summed E-state index contributed by atoms with van der Waals surface area (Å²) in [5, 5.41) is 34.1. The topological polar surface area (TPSA) is 98.0 Å². The van der Waals surface area contributed by atoms with Crippen LogP contribution >= 0.6 is 37.9 Å². The fourth-order valence-corrected chi connectivity index (χ4v) is 1.10. The molecule has 0 atom stereocenters. The van der Waals surface area contributed by atoms with Crippen LogP contribution in [0.5, 0.6) is 0 Å². The van der Waals surface area contributed by atoms with Crippen molar-refractivity contribution in [3.63, 3.8) is 0 Å². The van der Waals surface area contributed by atoms with E-state index in [4.69, 9.17) is 20.4 Å². The molecule has 0 heterocycles. The Bertz CT molecular complexity index is 209.